The first kappa shape index (κ1) is 12.1. The smallest absolute Gasteiger partial charge is 0.0409 e. The van der Waals surface area contributed by atoms with Gasteiger partial charge in [0.15, 0.2) is 0 Å². The molecule has 0 fully saturated rings. The molecule has 0 aliphatic carbocycles. The van der Waals surface area contributed by atoms with Crippen LogP contribution in [0.15, 0.2) is 42.5 Å². The quantitative estimate of drug-likeness (QED) is 0.875. The van der Waals surface area contributed by atoms with E-state index in [1.54, 1.807) is 0 Å². The molecular formula is C14H15ClN2. The molecule has 0 saturated heterocycles. The van der Waals surface area contributed by atoms with Gasteiger partial charge >= 0.3 is 0 Å². The maximum atomic E-state index is 5.98. The summed E-state index contributed by atoms with van der Waals surface area (Å²) in [4.78, 5) is 0. The van der Waals surface area contributed by atoms with Crippen LogP contribution in [0.4, 0.5) is 0 Å². The van der Waals surface area contributed by atoms with Gasteiger partial charge in [-0.1, -0.05) is 41.9 Å². The fraction of sp³-hybridized carbons (Fsp3) is 0.143. The summed E-state index contributed by atoms with van der Waals surface area (Å²) in [5.41, 5.74) is 15.9. The molecule has 0 spiro atoms. The summed E-state index contributed by atoms with van der Waals surface area (Å²) in [5.74, 6) is 0. The predicted octanol–water partition coefficient (Wildman–Crippen LogP) is 2.92. The number of nitrogens with two attached hydrogens (primary N) is 2. The maximum Gasteiger partial charge on any atom is 0.0409 e. The van der Waals surface area contributed by atoms with Gasteiger partial charge in [0.2, 0.25) is 0 Å². The van der Waals surface area contributed by atoms with Crippen LogP contribution in [-0.2, 0) is 13.1 Å². The maximum absolute atomic E-state index is 5.98. The third-order valence-electron chi connectivity index (χ3n) is 2.81. The third kappa shape index (κ3) is 2.50. The van der Waals surface area contributed by atoms with Crippen molar-refractivity contribution in [2.75, 3.05) is 0 Å². The Morgan fingerprint density at radius 1 is 0.824 bits per heavy atom. The highest BCUT2D eigenvalue weighted by Crippen LogP contribution is 2.28. The Morgan fingerprint density at radius 2 is 1.47 bits per heavy atom. The van der Waals surface area contributed by atoms with E-state index in [-0.39, 0.29) is 0 Å². The highest BCUT2D eigenvalue weighted by atomic mass is 35.5. The van der Waals surface area contributed by atoms with Crippen molar-refractivity contribution in [3.05, 3.63) is 58.6 Å². The fourth-order valence-electron chi connectivity index (χ4n) is 1.95. The number of hydrogen-bond acceptors (Lipinski definition) is 2. The molecule has 0 atom stereocenters. The van der Waals surface area contributed by atoms with Gasteiger partial charge in [0.1, 0.15) is 0 Å². The van der Waals surface area contributed by atoms with Crippen molar-refractivity contribution in [3.8, 4) is 11.1 Å². The largest absolute Gasteiger partial charge is 0.326 e. The van der Waals surface area contributed by atoms with E-state index in [1.807, 2.05) is 36.4 Å². The molecule has 0 aromatic heterocycles. The molecule has 2 nitrogen and oxygen atoms in total. The Morgan fingerprint density at radius 3 is 2.18 bits per heavy atom. The number of benzene rings is 2. The SMILES string of the molecule is NCc1ccccc1-c1ccc(Cl)cc1CN. The van der Waals surface area contributed by atoms with E-state index >= 15 is 0 Å². The van der Waals surface area contributed by atoms with Crippen LogP contribution >= 0.6 is 11.6 Å². The van der Waals surface area contributed by atoms with Gasteiger partial charge in [-0.25, -0.2) is 0 Å². The molecule has 3 heteroatoms. The summed E-state index contributed by atoms with van der Waals surface area (Å²) in [7, 11) is 0. The Kier molecular flexibility index (Phi) is 3.79. The van der Waals surface area contributed by atoms with Crippen LogP contribution in [0.25, 0.3) is 11.1 Å². The molecule has 2 aromatic rings. The molecule has 0 aliphatic heterocycles. The molecule has 0 bridgehead atoms. The van der Waals surface area contributed by atoms with E-state index in [1.165, 1.54) is 0 Å². The zero-order valence-corrected chi connectivity index (χ0v) is 10.2. The molecule has 0 aliphatic rings. The monoisotopic (exact) mass is 246 g/mol. The lowest BCUT2D eigenvalue weighted by Gasteiger charge is -2.12. The molecule has 2 aromatic carbocycles. The van der Waals surface area contributed by atoms with Gasteiger partial charge in [-0.15, -0.1) is 0 Å². The van der Waals surface area contributed by atoms with Crippen molar-refractivity contribution >= 4 is 11.6 Å². The Labute approximate surface area is 106 Å². The van der Waals surface area contributed by atoms with Crippen LogP contribution in [0.2, 0.25) is 5.02 Å². The van der Waals surface area contributed by atoms with Crippen molar-refractivity contribution in [3.63, 3.8) is 0 Å². The van der Waals surface area contributed by atoms with E-state index < -0.39 is 0 Å². The van der Waals surface area contributed by atoms with Gasteiger partial charge in [-0.3, -0.25) is 0 Å². The van der Waals surface area contributed by atoms with Crippen LogP contribution in [0.1, 0.15) is 11.1 Å². The Hall–Kier alpha value is -1.35. The molecule has 2 rings (SSSR count). The number of hydrogen-bond donors (Lipinski definition) is 2. The molecule has 0 saturated carbocycles. The molecule has 17 heavy (non-hydrogen) atoms. The first-order chi connectivity index (χ1) is 8.26. The molecule has 88 valence electrons. The zero-order chi connectivity index (χ0) is 12.3. The van der Waals surface area contributed by atoms with Gasteiger partial charge < -0.3 is 11.5 Å². The normalized spacial score (nSPS) is 10.5. The van der Waals surface area contributed by atoms with Crippen LogP contribution in [-0.4, -0.2) is 0 Å². The standard InChI is InChI=1S/C14H15ClN2/c15-12-5-6-14(11(7-12)9-17)13-4-2-1-3-10(13)8-16/h1-7H,8-9,16-17H2. The summed E-state index contributed by atoms with van der Waals surface area (Å²) in [6.45, 7) is 0.984. The average Bonchev–Trinajstić information content (AvgIpc) is 2.38. The molecule has 0 amide bonds. The highest BCUT2D eigenvalue weighted by Gasteiger charge is 2.08. The molecule has 0 radical (unpaired) electrons. The fourth-order valence-corrected chi connectivity index (χ4v) is 2.15. The van der Waals surface area contributed by atoms with Gasteiger partial charge in [0.25, 0.3) is 0 Å². The van der Waals surface area contributed by atoms with Crippen molar-refractivity contribution in [1.82, 2.24) is 0 Å². The first-order valence-corrected chi connectivity index (χ1v) is 5.91. The summed E-state index contributed by atoms with van der Waals surface area (Å²) in [5, 5.41) is 0.708. The summed E-state index contributed by atoms with van der Waals surface area (Å²) in [6, 6.07) is 13.9. The second-order valence-electron chi connectivity index (χ2n) is 3.87. The Bertz CT molecular complexity index is 523. The first-order valence-electron chi connectivity index (χ1n) is 5.53. The van der Waals surface area contributed by atoms with Gasteiger partial charge in [0.05, 0.1) is 0 Å². The average molecular weight is 247 g/mol. The minimum absolute atomic E-state index is 0.467. The number of rotatable bonds is 3. The summed E-state index contributed by atoms with van der Waals surface area (Å²) < 4.78 is 0. The molecule has 4 N–H and O–H groups in total. The van der Waals surface area contributed by atoms with E-state index in [4.69, 9.17) is 23.1 Å². The van der Waals surface area contributed by atoms with Crippen LogP contribution in [0, 0.1) is 0 Å². The summed E-state index contributed by atoms with van der Waals surface area (Å²) in [6.07, 6.45) is 0. The lowest BCUT2D eigenvalue weighted by atomic mass is 9.95. The van der Waals surface area contributed by atoms with E-state index in [0.717, 1.165) is 22.3 Å². The van der Waals surface area contributed by atoms with E-state index in [9.17, 15) is 0 Å². The lowest BCUT2D eigenvalue weighted by molar-refractivity contribution is 1.05. The minimum atomic E-state index is 0.467. The topological polar surface area (TPSA) is 52.0 Å². The number of halogens is 1. The van der Waals surface area contributed by atoms with Gasteiger partial charge in [0, 0.05) is 18.1 Å². The van der Waals surface area contributed by atoms with E-state index in [2.05, 4.69) is 6.07 Å². The van der Waals surface area contributed by atoms with Crippen molar-refractivity contribution in [2.45, 2.75) is 13.1 Å². The predicted molar refractivity (Wildman–Crippen MR) is 72.7 cm³/mol. The van der Waals surface area contributed by atoms with Crippen LogP contribution < -0.4 is 11.5 Å². The molecular weight excluding hydrogens is 232 g/mol. The van der Waals surface area contributed by atoms with Gasteiger partial charge in [-0.05, 0) is 34.4 Å². The lowest BCUT2D eigenvalue weighted by Crippen LogP contribution is -2.03. The second-order valence-corrected chi connectivity index (χ2v) is 4.30. The summed E-state index contributed by atoms with van der Waals surface area (Å²) >= 11 is 5.98. The van der Waals surface area contributed by atoms with E-state index in [0.29, 0.717) is 18.1 Å². The van der Waals surface area contributed by atoms with Crippen molar-refractivity contribution < 1.29 is 0 Å². The van der Waals surface area contributed by atoms with Crippen molar-refractivity contribution in [2.24, 2.45) is 11.5 Å². The highest BCUT2D eigenvalue weighted by molar-refractivity contribution is 6.30. The third-order valence-corrected chi connectivity index (χ3v) is 3.05. The van der Waals surface area contributed by atoms with Crippen LogP contribution in [0.5, 0.6) is 0 Å². The van der Waals surface area contributed by atoms with Crippen molar-refractivity contribution in [1.29, 1.82) is 0 Å². The molecule has 0 unspecified atom stereocenters. The molecule has 0 heterocycles. The zero-order valence-electron chi connectivity index (χ0n) is 9.49. The Balaban J connectivity index is 2.59. The second kappa shape index (κ2) is 5.32. The van der Waals surface area contributed by atoms with Gasteiger partial charge in [-0.2, -0.15) is 0 Å². The minimum Gasteiger partial charge on any atom is -0.326 e. The van der Waals surface area contributed by atoms with Crippen LogP contribution in [0.3, 0.4) is 0 Å².